The van der Waals surface area contributed by atoms with Crippen molar-refractivity contribution < 1.29 is 14.4 Å². The highest BCUT2D eigenvalue weighted by Crippen LogP contribution is 2.22. The molecule has 0 aliphatic carbocycles. The van der Waals surface area contributed by atoms with Crippen LogP contribution in [0.2, 0.25) is 0 Å². The predicted octanol–water partition coefficient (Wildman–Crippen LogP) is 0.686. The minimum absolute atomic E-state index is 0.362. The summed E-state index contributed by atoms with van der Waals surface area (Å²) in [7, 11) is 0. The topological polar surface area (TPSA) is 52.6 Å². The molecule has 1 aliphatic rings. The monoisotopic (exact) mass is 210 g/mol. The van der Waals surface area contributed by atoms with Crippen LogP contribution in [0.25, 0.3) is 0 Å². The maximum Gasteiger partial charge on any atom is 0.140 e. The van der Waals surface area contributed by atoms with Crippen LogP contribution < -0.4 is 5.32 Å². The number of benzene rings is 1. The van der Waals surface area contributed by atoms with Crippen LogP contribution in [0.3, 0.4) is 0 Å². The number of rotatable bonds is 2. The lowest BCUT2D eigenvalue weighted by atomic mass is 10.2. The molecule has 0 aromatic heterocycles. The number of nitrogens with one attached hydrogen (secondary N) is 1. The number of carbonyl (C=O) groups is 1. The highest BCUT2D eigenvalue weighted by atomic mass is 19.1. The molecule has 0 amide bonds. The Balaban J connectivity index is 2.22. The molecule has 15 heavy (non-hydrogen) atoms. The third kappa shape index (κ3) is 1.90. The Labute approximate surface area is 86.3 Å². The van der Waals surface area contributed by atoms with Gasteiger partial charge in [-0.25, -0.2) is 4.39 Å². The molecule has 0 saturated carbocycles. The molecule has 2 N–H and O–H groups in total. The van der Waals surface area contributed by atoms with Crippen LogP contribution in [0.5, 0.6) is 0 Å². The van der Waals surface area contributed by atoms with Crippen molar-refractivity contribution in [2.75, 3.05) is 6.54 Å². The summed E-state index contributed by atoms with van der Waals surface area (Å²) >= 11 is 0. The Morgan fingerprint density at radius 2 is 2.40 bits per heavy atom. The zero-order valence-corrected chi connectivity index (χ0v) is 7.93. The van der Waals surface area contributed by atoms with E-state index in [4.69, 9.17) is 0 Å². The van der Waals surface area contributed by atoms with Crippen molar-refractivity contribution in [1.82, 2.24) is 10.4 Å². The molecule has 0 bridgehead atoms. The first kappa shape index (κ1) is 10.2. The number of aldehydes is 1. The van der Waals surface area contributed by atoms with E-state index in [9.17, 15) is 14.4 Å². The lowest BCUT2D eigenvalue weighted by molar-refractivity contribution is -0.147. The van der Waals surface area contributed by atoms with Crippen molar-refractivity contribution in [3.63, 3.8) is 0 Å². The van der Waals surface area contributed by atoms with Crippen molar-refractivity contribution in [3.8, 4) is 0 Å². The number of halogens is 1. The van der Waals surface area contributed by atoms with Gasteiger partial charge < -0.3 is 10.0 Å². The van der Waals surface area contributed by atoms with Crippen molar-refractivity contribution in [2.24, 2.45) is 0 Å². The molecule has 1 aliphatic heterocycles. The normalized spacial score (nSPS) is 26.8. The third-order valence-corrected chi connectivity index (χ3v) is 2.45. The van der Waals surface area contributed by atoms with E-state index >= 15 is 0 Å². The second-order valence-electron chi connectivity index (χ2n) is 3.45. The summed E-state index contributed by atoms with van der Waals surface area (Å²) in [5, 5.41) is 13.4. The molecule has 80 valence electrons. The molecule has 1 aromatic carbocycles. The molecule has 2 rings (SSSR count). The second kappa shape index (κ2) is 4.06. The van der Waals surface area contributed by atoms with Gasteiger partial charge in [0.2, 0.25) is 0 Å². The van der Waals surface area contributed by atoms with Gasteiger partial charge in [-0.3, -0.25) is 5.32 Å². The first-order chi connectivity index (χ1) is 7.22. The quantitative estimate of drug-likeness (QED) is 0.705. The molecule has 4 nitrogen and oxygen atoms in total. The van der Waals surface area contributed by atoms with E-state index in [2.05, 4.69) is 5.32 Å². The first-order valence-electron chi connectivity index (χ1n) is 4.63. The van der Waals surface area contributed by atoms with E-state index in [1.807, 2.05) is 0 Å². The van der Waals surface area contributed by atoms with Gasteiger partial charge in [-0.15, -0.1) is 0 Å². The fourth-order valence-electron chi connectivity index (χ4n) is 1.67. The van der Waals surface area contributed by atoms with Crippen LogP contribution in [-0.2, 0) is 4.79 Å². The summed E-state index contributed by atoms with van der Waals surface area (Å²) in [6, 6.07) is 5.34. The summed E-state index contributed by atoms with van der Waals surface area (Å²) in [4.78, 5) is 10.5. The van der Waals surface area contributed by atoms with Crippen molar-refractivity contribution in [2.45, 2.75) is 12.2 Å². The first-order valence-corrected chi connectivity index (χ1v) is 4.63. The van der Waals surface area contributed by atoms with Gasteiger partial charge >= 0.3 is 0 Å². The molecule has 0 radical (unpaired) electrons. The number of hydroxylamine groups is 2. The Morgan fingerprint density at radius 3 is 3.00 bits per heavy atom. The van der Waals surface area contributed by atoms with Crippen LogP contribution >= 0.6 is 0 Å². The zero-order valence-electron chi connectivity index (χ0n) is 7.93. The lowest BCUT2D eigenvalue weighted by Crippen LogP contribution is -2.31. The molecule has 1 saturated heterocycles. The van der Waals surface area contributed by atoms with Crippen LogP contribution in [0.4, 0.5) is 4.39 Å². The lowest BCUT2D eigenvalue weighted by Gasteiger charge is -2.19. The van der Waals surface area contributed by atoms with Gasteiger partial charge in [0.25, 0.3) is 0 Å². The summed E-state index contributed by atoms with van der Waals surface area (Å²) in [6.45, 7) is 0.362. The van der Waals surface area contributed by atoms with E-state index in [1.165, 1.54) is 12.1 Å². The molecule has 2 unspecified atom stereocenters. The zero-order chi connectivity index (χ0) is 10.8. The summed E-state index contributed by atoms with van der Waals surface area (Å²) in [5.74, 6) is -0.364. The van der Waals surface area contributed by atoms with Crippen molar-refractivity contribution >= 4 is 6.29 Å². The fourth-order valence-corrected chi connectivity index (χ4v) is 1.67. The van der Waals surface area contributed by atoms with Crippen molar-refractivity contribution in [1.29, 1.82) is 0 Å². The van der Waals surface area contributed by atoms with Crippen LogP contribution in [-0.4, -0.2) is 29.1 Å². The van der Waals surface area contributed by atoms with Gasteiger partial charge in [-0.2, -0.15) is 5.06 Å². The van der Waals surface area contributed by atoms with Gasteiger partial charge in [-0.1, -0.05) is 12.1 Å². The van der Waals surface area contributed by atoms with E-state index in [1.54, 1.807) is 12.1 Å². The van der Waals surface area contributed by atoms with Gasteiger partial charge in [0.05, 0.1) is 0 Å². The van der Waals surface area contributed by atoms with Crippen LogP contribution in [0.1, 0.15) is 11.7 Å². The van der Waals surface area contributed by atoms with Gasteiger partial charge in [0.15, 0.2) is 0 Å². The maximum absolute atomic E-state index is 12.9. The Hall–Kier alpha value is -1.30. The largest absolute Gasteiger partial charge is 0.311 e. The number of hydrogen-bond acceptors (Lipinski definition) is 4. The van der Waals surface area contributed by atoms with Crippen LogP contribution in [0, 0.1) is 5.82 Å². The maximum atomic E-state index is 12.9. The standard InChI is InChI=1S/C10H11FN2O2/c11-8-3-1-2-7(4-8)10-12-5-9(6-14)13(10)15/h1-4,6,9-10,12,15H,5H2. The van der Waals surface area contributed by atoms with E-state index in [0.717, 1.165) is 5.06 Å². The molecular weight excluding hydrogens is 199 g/mol. The Morgan fingerprint density at radius 1 is 1.60 bits per heavy atom. The molecule has 2 atom stereocenters. The molecule has 0 spiro atoms. The second-order valence-corrected chi connectivity index (χ2v) is 3.45. The molecular formula is C10H11FN2O2. The number of nitrogens with zero attached hydrogens (tertiary/aromatic N) is 1. The molecule has 1 aromatic rings. The van der Waals surface area contributed by atoms with Gasteiger partial charge in [0.1, 0.15) is 24.3 Å². The average molecular weight is 210 g/mol. The minimum Gasteiger partial charge on any atom is -0.311 e. The van der Waals surface area contributed by atoms with E-state index in [0.29, 0.717) is 18.4 Å². The van der Waals surface area contributed by atoms with Crippen molar-refractivity contribution in [3.05, 3.63) is 35.6 Å². The van der Waals surface area contributed by atoms with E-state index < -0.39 is 12.2 Å². The summed E-state index contributed by atoms with van der Waals surface area (Å²) in [5.41, 5.74) is 0.599. The predicted molar refractivity (Wildman–Crippen MR) is 50.6 cm³/mol. The number of hydrogen-bond donors (Lipinski definition) is 2. The number of carbonyl (C=O) groups excluding carboxylic acids is 1. The average Bonchev–Trinajstić information content (AvgIpc) is 2.59. The molecule has 5 heteroatoms. The SMILES string of the molecule is O=CC1CNC(c2cccc(F)c2)N1O. The molecule has 1 heterocycles. The molecule has 1 fully saturated rings. The van der Waals surface area contributed by atoms with Gasteiger partial charge in [-0.05, 0) is 17.7 Å². The summed E-state index contributed by atoms with van der Waals surface area (Å²) in [6.07, 6.45) is 0.141. The Bertz CT molecular complexity index is 372. The smallest absolute Gasteiger partial charge is 0.140 e. The third-order valence-electron chi connectivity index (χ3n) is 2.45. The Kier molecular flexibility index (Phi) is 2.77. The highest BCUT2D eigenvalue weighted by molar-refractivity contribution is 5.58. The van der Waals surface area contributed by atoms with E-state index in [-0.39, 0.29) is 5.82 Å². The fraction of sp³-hybridized carbons (Fsp3) is 0.300. The van der Waals surface area contributed by atoms with Crippen LogP contribution in [0.15, 0.2) is 24.3 Å². The van der Waals surface area contributed by atoms with Gasteiger partial charge in [0, 0.05) is 6.54 Å². The highest BCUT2D eigenvalue weighted by Gasteiger charge is 2.32. The summed E-state index contributed by atoms with van der Waals surface area (Å²) < 4.78 is 12.9. The minimum atomic E-state index is -0.571.